The Morgan fingerprint density at radius 2 is 1.20 bits per heavy atom. The standard InChI is InChI=1S/C46H65N9O14/c1-24(2)18-30(47)40(62)48-22-35(58)53-38(25(3)4)45(67)55-17-9-12-34(55)43(65)49-23-36(59)54-39(26(5)56)44(66)51-31(19-27-10-7-6-8-11-27)41(63)50-32(21-37(60)61)42(64)52-33(46(68)69)20-28-13-15-29(57)16-14-28/h6-8,10-11,13-16,24-26,30-34,38-39,56-57H,9,12,17-23,47H2,1-5H3,(H,48,62)(H,49,65)(H,50,63)(H,51,66)(H,52,64)(H,53,58)(H,54,59)(H,60,61)(H,68,69)/t26-,30+,31+,32+,33+,34+,38+,39+/m1/s1. The van der Waals surface area contributed by atoms with Gasteiger partial charge in [0, 0.05) is 19.4 Å². The lowest BCUT2D eigenvalue weighted by Crippen LogP contribution is -2.60. The fourth-order valence-corrected chi connectivity index (χ4v) is 7.36. The summed E-state index contributed by atoms with van der Waals surface area (Å²) in [7, 11) is 0. The van der Waals surface area contributed by atoms with Crippen molar-refractivity contribution in [2.24, 2.45) is 17.6 Å². The maximum atomic E-state index is 13.8. The molecule has 1 fully saturated rings. The number of carboxylic acid groups (broad SMARTS) is 2. The highest BCUT2D eigenvalue weighted by atomic mass is 16.4. The zero-order valence-electron chi connectivity index (χ0n) is 39.2. The number of likely N-dealkylation sites (tertiary alicyclic amines) is 1. The molecule has 1 aliphatic heterocycles. The van der Waals surface area contributed by atoms with E-state index in [0.717, 1.165) is 0 Å². The van der Waals surface area contributed by atoms with E-state index in [4.69, 9.17) is 5.73 Å². The zero-order valence-corrected chi connectivity index (χ0v) is 39.2. The summed E-state index contributed by atoms with van der Waals surface area (Å²) in [4.78, 5) is 132. The fraction of sp³-hybridized carbons (Fsp3) is 0.522. The van der Waals surface area contributed by atoms with Crippen LogP contribution in [0.3, 0.4) is 0 Å². The van der Waals surface area contributed by atoms with Gasteiger partial charge < -0.3 is 68.3 Å². The summed E-state index contributed by atoms with van der Waals surface area (Å²) in [6.45, 7) is 7.36. The Kier molecular flexibility index (Phi) is 22.0. The van der Waals surface area contributed by atoms with E-state index in [2.05, 4.69) is 37.2 Å². The van der Waals surface area contributed by atoms with Gasteiger partial charge in [-0.3, -0.25) is 43.2 Å². The van der Waals surface area contributed by atoms with Gasteiger partial charge in [0.1, 0.15) is 42.0 Å². The van der Waals surface area contributed by atoms with Crippen LogP contribution in [0.15, 0.2) is 54.6 Å². The van der Waals surface area contributed by atoms with E-state index in [9.17, 15) is 68.4 Å². The van der Waals surface area contributed by atoms with E-state index in [1.54, 1.807) is 44.2 Å². The quantitative estimate of drug-likeness (QED) is 0.0476. The number of phenolic OH excluding ortho intramolecular Hbond substituents is 1. The fourth-order valence-electron chi connectivity index (χ4n) is 7.36. The molecule has 0 aromatic heterocycles. The third-order valence-corrected chi connectivity index (χ3v) is 11.0. The number of aliphatic hydroxyl groups is 1. The van der Waals surface area contributed by atoms with Crippen LogP contribution in [0.4, 0.5) is 0 Å². The number of rotatable bonds is 26. The number of carbonyl (C=O) groups is 10. The Balaban J connectivity index is 1.69. The van der Waals surface area contributed by atoms with Crippen LogP contribution in [0.1, 0.15) is 71.4 Å². The molecular formula is C46H65N9O14. The number of nitrogens with zero attached hydrogens (tertiary/aromatic N) is 1. The maximum Gasteiger partial charge on any atom is 0.326 e. The molecule has 378 valence electrons. The first kappa shape index (κ1) is 56.2. The molecule has 23 heteroatoms. The first-order chi connectivity index (χ1) is 32.5. The van der Waals surface area contributed by atoms with Gasteiger partial charge in [-0.1, -0.05) is 70.2 Å². The molecule has 0 radical (unpaired) electrons. The van der Waals surface area contributed by atoms with Crippen LogP contribution in [0.25, 0.3) is 0 Å². The smallest absolute Gasteiger partial charge is 0.326 e. The number of aromatic hydroxyl groups is 1. The summed E-state index contributed by atoms with van der Waals surface area (Å²) < 4.78 is 0. The Morgan fingerprint density at radius 3 is 1.77 bits per heavy atom. The average molecular weight is 968 g/mol. The van der Waals surface area contributed by atoms with Gasteiger partial charge in [-0.15, -0.1) is 0 Å². The predicted octanol–water partition coefficient (Wildman–Crippen LogP) is -2.21. The van der Waals surface area contributed by atoms with Crippen LogP contribution in [-0.2, 0) is 60.8 Å². The van der Waals surface area contributed by atoms with Crippen molar-refractivity contribution in [2.75, 3.05) is 19.6 Å². The van der Waals surface area contributed by atoms with Gasteiger partial charge in [0.25, 0.3) is 0 Å². The van der Waals surface area contributed by atoms with E-state index < -0.39 is 133 Å². The average Bonchev–Trinajstić information content (AvgIpc) is 3.78. The molecule has 1 aliphatic rings. The number of carboxylic acids is 2. The third kappa shape index (κ3) is 18.5. The molecule has 2 aromatic carbocycles. The van der Waals surface area contributed by atoms with Gasteiger partial charge in [-0.25, -0.2) is 4.79 Å². The SMILES string of the molecule is CC(C)C[C@H](N)C(=O)NCC(=O)N[C@H](C(=O)N1CCC[C@H]1C(=O)NCC(=O)N[C@H](C(=O)N[C@@H](Cc1ccccc1)C(=O)N[C@@H](CC(=O)O)C(=O)N[C@@H](Cc1ccc(O)cc1)C(=O)O)[C@@H](C)O)C(C)C. The Hall–Kier alpha value is -7.14. The van der Waals surface area contributed by atoms with Crippen molar-refractivity contribution >= 4 is 59.2 Å². The van der Waals surface area contributed by atoms with E-state index in [1.165, 1.54) is 36.1 Å². The largest absolute Gasteiger partial charge is 0.508 e. The summed E-state index contributed by atoms with van der Waals surface area (Å²) in [5, 5.41) is 56.4. The second-order valence-corrected chi connectivity index (χ2v) is 17.6. The highest BCUT2D eigenvalue weighted by Crippen LogP contribution is 2.21. The van der Waals surface area contributed by atoms with E-state index in [-0.39, 0.29) is 37.5 Å². The number of nitrogens with two attached hydrogens (primary N) is 1. The van der Waals surface area contributed by atoms with Gasteiger partial charge in [-0.2, -0.15) is 0 Å². The second-order valence-electron chi connectivity index (χ2n) is 17.6. The van der Waals surface area contributed by atoms with Crippen molar-refractivity contribution in [1.82, 2.24) is 42.1 Å². The molecule has 2 aromatic rings. The van der Waals surface area contributed by atoms with Crippen LogP contribution in [0.2, 0.25) is 0 Å². The molecule has 0 bridgehead atoms. The first-order valence-electron chi connectivity index (χ1n) is 22.5. The molecule has 23 nitrogen and oxygen atoms in total. The van der Waals surface area contributed by atoms with Crippen LogP contribution < -0.4 is 43.0 Å². The van der Waals surface area contributed by atoms with Crippen LogP contribution in [0, 0.1) is 11.8 Å². The van der Waals surface area contributed by atoms with Gasteiger partial charge in [-0.05, 0) is 61.3 Å². The molecule has 1 heterocycles. The van der Waals surface area contributed by atoms with Gasteiger partial charge >= 0.3 is 11.9 Å². The van der Waals surface area contributed by atoms with E-state index in [0.29, 0.717) is 24.0 Å². The minimum atomic E-state index is -1.85. The lowest BCUT2D eigenvalue weighted by molar-refractivity contribution is -0.143. The Labute approximate surface area is 399 Å². The summed E-state index contributed by atoms with van der Waals surface area (Å²) in [6.07, 6.45) is -2.04. The summed E-state index contributed by atoms with van der Waals surface area (Å²) in [6, 6.07) is 3.98. The lowest BCUT2D eigenvalue weighted by Gasteiger charge is -2.30. The first-order valence-corrected chi connectivity index (χ1v) is 22.5. The monoisotopic (exact) mass is 967 g/mol. The van der Waals surface area contributed by atoms with E-state index in [1.807, 2.05) is 13.8 Å². The topological polar surface area (TPSA) is 365 Å². The highest BCUT2D eigenvalue weighted by Gasteiger charge is 2.39. The predicted molar refractivity (Wildman–Crippen MR) is 246 cm³/mol. The van der Waals surface area contributed by atoms with Gasteiger partial charge in [0.05, 0.1) is 31.7 Å². The number of amides is 8. The molecule has 8 atom stereocenters. The lowest BCUT2D eigenvalue weighted by atomic mass is 10.0. The van der Waals surface area contributed by atoms with Crippen molar-refractivity contribution < 1.29 is 68.4 Å². The molecule has 69 heavy (non-hydrogen) atoms. The van der Waals surface area contributed by atoms with Crippen LogP contribution in [-0.4, -0.2) is 153 Å². The summed E-state index contributed by atoms with van der Waals surface area (Å²) in [5.41, 5.74) is 6.78. The minimum absolute atomic E-state index is 0.0868. The maximum absolute atomic E-state index is 13.8. The molecule has 13 N–H and O–H groups in total. The van der Waals surface area contributed by atoms with Gasteiger partial charge in [0.15, 0.2) is 0 Å². The van der Waals surface area contributed by atoms with Gasteiger partial charge in [0.2, 0.25) is 47.3 Å². The molecule has 8 amide bonds. The van der Waals surface area contributed by atoms with Crippen molar-refractivity contribution in [1.29, 1.82) is 0 Å². The molecule has 0 spiro atoms. The Bertz CT molecular complexity index is 2140. The van der Waals surface area contributed by atoms with Crippen molar-refractivity contribution in [3.8, 4) is 5.75 Å². The second kappa shape index (κ2) is 27.0. The van der Waals surface area contributed by atoms with Crippen molar-refractivity contribution in [3.05, 3.63) is 65.7 Å². The summed E-state index contributed by atoms with van der Waals surface area (Å²) >= 11 is 0. The number of aliphatic carboxylic acids is 2. The molecule has 0 unspecified atom stereocenters. The molecule has 3 rings (SSSR count). The number of hydrogen-bond acceptors (Lipinski definition) is 13. The normalized spacial score (nSPS) is 16.4. The Morgan fingerprint density at radius 1 is 0.667 bits per heavy atom. The number of benzene rings is 2. The number of carbonyl (C=O) groups excluding carboxylic acids is 8. The minimum Gasteiger partial charge on any atom is -0.508 e. The van der Waals surface area contributed by atoms with Crippen molar-refractivity contribution in [2.45, 2.75) is 122 Å². The number of hydrogen-bond donors (Lipinski definition) is 12. The van der Waals surface area contributed by atoms with Crippen LogP contribution in [0.5, 0.6) is 5.75 Å². The summed E-state index contributed by atoms with van der Waals surface area (Å²) in [5.74, 6) is -10.1. The zero-order chi connectivity index (χ0) is 51.5. The number of aliphatic hydroxyl groups excluding tert-OH is 1. The van der Waals surface area contributed by atoms with E-state index >= 15 is 0 Å². The number of nitrogens with one attached hydrogen (secondary N) is 7. The molecule has 0 aliphatic carbocycles. The highest BCUT2D eigenvalue weighted by molar-refractivity contribution is 5.98. The van der Waals surface area contributed by atoms with Crippen LogP contribution >= 0.6 is 0 Å². The molecule has 0 saturated carbocycles. The molecular weight excluding hydrogens is 903 g/mol. The third-order valence-electron chi connectivity index (χ3n) is 11.0. The molecule has 1 saturated heterocycles. The van der Waals surface area contributed by atoms with Crippen molar-refractivity contribution in [3.63, 3.8) is 0 Å². The number of phenols is 1.